The smallest absolute Gasteiger partial charge is 0.336 e. The maximum Gasteiger partial charge on any atom is 0.336 e. The summed E-state index contributed by atoms with van der Waals surface area (Å²) in [7, 11) is 0. The van der Waals surface area contributed by atoms with Crippen LogP contribution in [0.25, 0.3) is 0 Å². The van der Waals surface area contributed by atoms with Gasteiger partial charge in [0.25, 0.3) is 0 Å². The lowest BCUT2D eigenvalue weighted by Gasteiger charge is -2.13. The standard InChI is InChI=1S/C11H12O5/c1-2-16-6-8-5-7(10(12)13)3-4-9(8)11(14)15/h3-4,6H,2,5H2,1H3,(H,12,13)(H,14,15). The Balaban J connectivity index is 3.02. The number of carbonyl (C=O) groups is 2. The largest absolute Gasteiger partial charge is 0.501 e. The van der Waals surface area contributed by atoms with Gasteiger partial charge < -0.3 is 14.9 Å². The van der Waals surface area contributed by atoms with E-state index in [2.05, 4.69) is 0 Å². The van der Waals surface area contributed by atoms with Crippen molar-refractivity contribution in [1.82, 2.24) is 0 Å². The monoisotopic (exact) mass is 224 g/mol. The van der Waals surface area contributed by atoms with Gasteiger partial charge in [-0.1, -0.05) is 6.08 Å². The van der Waals surface area contributed by atoms with Gasteiger partial charge in [0.2, 0.25) is 0 Å². The maximum atomic E-state index is 10.9. The van der Waals surface area contributed by atoms with Crippen LogP contribution < -0.4 is 0 Å². The molecule has 0 fully saturated rings. The van der Waals surface area contributed by atoms with Gasteiger partial charge in [-0.25, -0.2) is 9.59 Å². The number of aliphatic carboxylic acids is 2. The fourth-order valence-corrected chi connectivity index (χ4v) is 1.29. The van der Waals surface area contributed by atoms with E-state index in [1.165, 1.54) is 18.4 Å². The molecule has 0 spiro atoms. The molecule has 1 aliphatic carbocycles. The minimum atomic E-state index is -1.09. The third-order valence-electron chi connectivity index (χ3n) is 2.08. The van der Waals surface area contributed by atoms with Crippen LogP contribution in [0.1, 0.15) is 13.3 Å². The second kappa shape index (κ2) is 5.16. The SMILES string of the molecule is CCOC=C1CC(C(=O)O)=CC=C1C(=O)O. The molecule has 2 N–H and O–H groups in total. The average Bonchev–Trinajstić information content (AvgIpc) is 2.25. The second-order valence-corrected chi connectivity index (χ2v) is 3.16. The van der Waals surface area contributed by atoms with Crippen molar-refractivity contribution in [2.24, 2.45) is 0 Å². The van der Waals surface area contributed by atoms with Crippen LogP contribution in [0.3, 0.4) is 0 Å². The Hall–Kier alpha value is -2.04. The zero-order valence-corrected chi connectivity index (χ0v) is 8.77. The predicted molar refractivity (Wildman–Crippen MR) is 55.8 cm³/mol. The predicted octanol–water partition coefficient (Wildman–Crippen LogP) is 1.33. The molecule has 0 aromatic heterocycles. The lowest BCUT2D eigenvalue weighted by molar-refractivity contribution is -0.134. The molecule has 1 rings (SSSR count). The van der Waals surface area contributed by atoms with Crippen molar-refractivity contribution < 1.29 is 24.5 Å². The van der Waals surface area contributed by atoms with Crippen LogP contribution >= 0.6 is 0 Å². The summed E-state index contributed by atoms with van der Waals surface area (Å²) in [6.07, 6.45) is 3.94. The van der Waals surface area contributed by atoms with Gasteiger partial charge in [-0.05, 0) is 13.0 Å². The van der Waals surface area contributed by atoms with Crippen LogP contribution in [0.5, 0.6) is 0 Å². The van der Waals surface area contributed by atoms with Gasteiger partial charge in [0, 0.05) is 17.6 Å². The third-order valence-corrected chi connectivity index (χ3v) is 2.08. The fourth-order valence-electron chi connectivity index (χ4n) is 1.29. The van der Waals surface area contributed by atoms with E-state index in [-0.39, 0.29) is 17.6 Å². The minimum absolute atomic E-state index is 0.0630. The zero-order chi connectivity index (χ0) is 12.1. The highest BCUT2D eigenvalue weighted by Gasteiger charge is 2.21. The first-order chi connectivity index (χ1) is 7.56. The highest BCUT2D eigenvalue weighted by molar-refractivity contribution is 5.96. The van der Waals surface area contributed by atoms with E-state index in [4.69, 9.17) is 14.9 Å². The summed E-state index contributed by atoms with van der Waals surface area (Å²) in [6.45, 7) is 2.17. The van der Waals surface area contributed by atoms with E-state index in [0.717, 1.165) is 0 Å². The molecule has 1 aliphatic rings. The lowest BCUT2D eigenvalue weighted by Crippen LogP contribution is -2.12. The summed E-state index contributed by atoms with van der Waals surface area (Å²) >= 11 is 0. The molecule has 0 amide bonds. The van der Waals surface area contributed by atoms with Crippen LogP contribution in [0.15, 0.2) is 35.1 Å². The molecule has 0 atom stereocenters. The summed E-state index contributed by atoms with van der Waals surface area (Å²) in [5, 5.41) is 17.7. The summed E-state index contributed by atoms with van der Waals surface area (Å²) in [5.41, 5.74) is 0.587. The molecule has 0 bridgehead atoms. The van der Waals surface area contributed by atoms with Gasteiger partial charge in [-0.15, -0.1) is 0 Å². The minimum Gasteiger partial charge on any atom is -0.501 e. The van der Waals surface area contributed by atoms with Crippen molar-refractivity contribution in [3.8, 4) is 0 Å². The normalized spacial score (nSPS) is 17.7. The maximum absolute atomic E-state index is 10.9. The van der Waals surface area contributed by atoms with Crippen LogP contribution in [0.2, 0.25) is 0 Å². The first-order valence-corrected chi connectivity index (χ1v) is 4.74. The highest BCUT2D eigenvalue weighted by Crippen LogP contribution is 2.25. The van der Waals surface area contributed by atoms with Gasteiger partial charge in [-0.2, -0.15) is 0 Å². The van der Waals surface area contributed by atoms with Gasteiger partial charge >= 0.3 is 11.9 Å². The van der Waals surface area contributed by atoms with Crippen molar-refractivity contribution in [3.63, 3.8) is 0 Å². The van der Waals surface area contributed by atoms with Crippen LogP contribution in [-0.4, -0.2) is 28.8 Å². The number of rotatable bonds is 4. The molecule has 0 unspecified atom stereocenters. The number of carboxylic acid groups (broad SMARTS) is 2. The van der Waals surface area contributed by atoms with E-state index in [1.807, 2.05) is 0 Å². The van der Waals surface area contributed by atoms with Crippen LogP contribution in [0.4, 0.5) is 0 Å². The number of ether oxygens (including phenoxy) is 1. The third kappa shape index (κ3) is 2.73. The molecule has 5 heteroatoms. The van der Waals surface area contributed by atoms with E-state index in [9.17, 15) is 9.59 Å². The Bertz CT molecular complexity index is 401. The van der Waals surface area contributed by atoms with E-state index in [0.29, 0.717) is 12.2 Å². The quantitative estimate of drug-likeness (QED) is 0.704. The molecule has 0 aromatic rings. The first kappa shape index (κ1) is 12.0. The lowest BCUT2D eigenvalue weighted by atomic mass is 9.93. The molecule has 0 aromatic carbocycles. The van der Waals surface area contributed by atoms with E-state index >= 15 is 0 Å². The van der Waals surface area contributed by atoms with Crippen molar-refractivity contribution in [3.05, 3.63) is 35.1 Å². The Morgan fingerprint density at radius 2 is 2.06 bits per heavy atom. The molecule has 0 saturated carbocycles. The highest BCUT2D eigenvalue weighted by atomic mass is 16.5. The Labute approximate surface area is 92.3 Å². The van der Waals surface area contributed by atoms with Gasteiger partial charge in [0.1, 0.15) is 0 Å². The summed E-state index contributed by atoms with van der Waals surface area (Å²) in [6, 6.07) is 0. The first-order valence-electron chi connectivity index (χ1n) is 4.74. The van der Waals surface area contributed by atoms with Crippen LogP contribution in [0, 0.1) is 0 Å². The molecule has 16 heavy (non-hydrogen) atoms. The van der Waals surface area contributed by atoms with Gasteiger partial charge in [0.15, 0.2) is 0 Å². The molecule has 0 aliphatic heterocycles. The molecular formula is C11H12O5. The Morgan fingerprint density at radius 3 is 2.56 bits per heavy atom. The van der Waals surface area contributed by atoms with Crippen molar-refractivity contribution >= 4 is 11.9 Å². The molecule has 0 saturated heterocycles. The van der Waals surface area contributed by atoms with Crippen LogP contribution in [-0.2, 0) is 14.3 Å². The molecular weight excluding hydrogens is 212 g/mol. The van der Waals surface area contributed by atoms with Crippen molar-refractivity contribution in [1.29, 1.82) is 0 Å². The Kier molecular flexibility index (Phi) is 3.88. The van der Waals surface area contributed by atoms with Crippen molar-refractivity contribution in [2.45, 2.75) is 13.3 Å². The summed E-state index contributed by atoms with van der Waals surface area (Å²) < 4.78 is 5.00. The number of carboxylic acids is 2. The van der Waals surface area contributed by atoms with Gasteiger partial charge in [0.05, 0.1) is 18.4 Å². The fraction of sp³-hybridized carbons (Fsp3) is 0.273. The molecule has 0 heterocycles. The number of allylic oxidation sites excluding steroid dienone is 2. The number of hydrogen-bond donors (Lipinski definition) is 2. The average molecular weight is 224 g/mol. The number of hydrogen-bond acceptors (Lipinski definition) is 3. The molecule has 0 radical (unpaired) electrons. The molecule has 86 valence electrons. The van der Waals surface area contributed by atoms with Crippen molar-refractivity contribution in [2.75, 3.05) is 6.61 Å². The van der Waals surface area contributed by atoms with E-state index < -0.39 is 11.9 Å². The topological polar surface area (TPSA) is 83.8 Å². The zero-order valence-electron chi connectivity index (χ0n) is 8.77. The Morgan fingerprint density at radius 1 is 1.38 bits per heavy atom. The van der Waals surface area contributed by atoms with Gasteiger partial charge in [-0.3, -0.25) is 0 Å². The van der Waals surface area contributed by atoms with E-state index in [1.54, 1.807) is 6.92 Å². The summed E-state index contributed by atoms with van der Waals surface area (Å²) in [5.74, 6) is -2.14. The second-order valence-electron chi connectivity index (χ2n) is 3.16. The molecule has 5 nitrogen and oxygen atoms in total. The summed E-state index contributed by atoms with van der Waals surface area (Å²) in [4.78, 5) is 21.6.